The smallest absolute Gasteiger partial charge is 0.257 e. The number of carbonyl (C=O) groups is 2. The van der Waals surface area contributed by atoms with E-state index in [4.69, 9.17) is 0 Å². The van der Waals surface area contributed by atoms with Gasteiger partial charge in [-0.15, -0.1) is 0 Å². The fraction of sp³-hybridized carbons (Fsp3) is 0.536. The van der Waals surface area contributed by atoms with Crippen LogP contribution in [0.2, 0.25) is 0 Å². The van der Waals surface area contributed by atoms with Crippen molar-refractivity contribution < 1.29 is 14.0 Å². The molecule has 1 aliphatic heterocycles. The SMILES string of the molecule is Cc1ccc(C(=O)Nc2cc(F)cc(CN3CCN(C(=O)C4CC5CCC4C5)[C@@H](C)C3)c2C)cn1. The maximum absolute atomic E-state index is 14.5. The summed E-state index contributed by atoms with van der Waals surface area (Å²) in [7, 11) is 0. The van der Waals surface area contributed by atoms with Gasteiger partial charge in [0.2, 0.25) is 5.91 Å². The Morgan fingerprint density at radius 1 is 1.14 bits per heavy atom. The average Bonchev–Trinajstić information content (AvgIpc) is 3.46. The molecule has 5 rings (SSSR count). The number of aryl methyl sites for hydroxylation is 1. The van der Waals surface area contributed by atoms with Crippen molar-refractivity contribution in [2.45, 2.75) is 59.0 Å². The standard InChI is InChI=1S/C28H35FN4O2/c1-17-4-6-22(14-30-17)27(34)31-26-13-24(29)12-23(19(26)3)16-32-8-9-33(18(2)15-32)28(35)25-11-20-5-7-21(25)10-20/h4,6,12-14,18,20-21,25H,5,7-11,15-16H2,1-3H3,(H,31,34)/t18-,20?,21?,25?/m0/s1. The number of hydrogen-bond donors (Lipinski definition) is 1. The minimum atomic E-state index is -0.374. The van der Waals surface area contributed by atoms with Crippen molar-refractivity contribution in [3.63, 3.8) is 0 Å². The lowest BCUT2D eigenvalue weighted by molar-refractivity contribution is -0.142. The van der Waals surface area contributed by atoms with Crippen LogP contribution in [-0.2, 0) is 11.3 Å². The highest BCUT2D eigenvalue weighted by molar-refractivity contribution is 6.04. The lowest BCUT2D eigenvalue weighted by atomic mass is 9.87. The summed E-state index contributed by atoms with van der Waals surface area (Å²) in [5.74, 6) is 1.25. The van der Waals surface area contributed by atoms with Crippen LogP contribution in [-0.4, -0.2) is 52.3 Å². The first-order chi connectivity index (χ1) is 16.8. The molecule has 2 aromatic rings. The third kappa shape index (κ3) is 4.96. The Balaban J connectivity index is 1.23. The molecule has 4 atom stereocenters. The first kappa shape index (κ1) is 23.9. The maximum Gasteiger partial charge on any atom is 0.257 e. The predicted molar refractivity (Wildman–Crippen MR) is 133 cm³/mol. The number of hydrogen-bond acceptors (Lipinski definition) is 4. The van der Waals surface area contributed by atoms with Gasteiger partial charge in [0.1, 0.15) is 5.82 Å². The first-order valence-corrected chi connectivity index (χ1v) is 12.8. The fourth-order valence-electron chi connectivity index (χ4n) is 6.33. The quantitative estimate of drug-likeness (QED) is 0.684. The van der Waals surface area contributed by atoms with E-state index in [1.165, 1.54) is 31.5 Å². The maximum atomic E-state index is 14.5. The van der Waals surface area contributed by atoms with Gasteiger partial charge in [-0.2, -0.15) is 0 Å². The Morgan fingerprint density at radius 3 is 2.63 bits per heavy atom. The molecule has 0 spiro atoms. The van der Waals surface area contributed by atoms with Crippen LogP contribution in [0.25, 0.3) is 0 Å². The van der Waals surface area contributed by atoms with E-state index in [2.05, 4.69) is 27.0 Å². The van der Waals surface area contributed by atoms with Crippen LogP contribution in [0.1, 0.15) is 59.8 Å². The summed E-state index contributed by atoms with van der Waals surface area (Å²) < 4.78 is 14.5. The number of anilines is 1. The van der Waals surface area contributed by atoms with Gasteiger partial charge in [-0.25, -0.2) is 4.39 Å². The lowest BCUT2D eigenvalue weighted by Crippen LogP contribution is -2.55. The molecule has 2 aliphatic carbocycles. The molecular formula is C28H35FN4O2. The van der Waals surface area contributed by atoms with Gasteiger partial charge >= 0.3 is 0 Å². The Kier molecular flexibility index (Phi) is 6.62. The number of pyridine rings is 1. The summed E-state index contributed by atoms with van der Waals surface area (Å²) in [5, 5.41) is 2.85. The first-order valence-electron chi connectivity index (χ1n) is 12.8. The van der Waals surface area contributed by atoms with Crippen molar-refractivity contribution in [3.8, 4) is 0 Å². The van der Waals surface area contributed by atoms with E-state index in [1.807, 2.05) is 13.8 Å². The number of fused-ring (bicyclic) bond motifs is 2. The van der Waals surface area contributed by atoms with Gasteiger partial charge < -0.3 is 10.2 Å². The van der Waals surface area contributed by atoms with Crippen molar-refractivity contribution in [2.24, 2.45) is 17.8 Å². The molecule has 1 aromatic carbocycles. The third-order valence-corrected chi connectivity index (χ3v) is 8.35. The van der Waals surface area contributed by atoms with E-state index in [0.717, 1.165) is 42.2 Å². The predicted octanol–water partition coefficient (Wildman–Crippen LogP) is 4.56. The topological polar surface area (TPSA) is 65.5 Å². The van der Waals surface area contributed by atoms with Gasteiger partial charge in [0.15, 0.2) is 0 Å². The van der Waals surface area contributed by atoms with E-state index < -0.39 is 0 Å². The van der Waals surface area contributed by atoms with Crippen molar-refractivity contribution in [1.29, 1.82) is 0 Å². The summed E-state index contributed by atoms with van der Waals surface area (Å²) >= 11 is 0. The molecule has 0 radical (unpaired) electrons. The molecule has 7 heteroatoms. The van der Waals surface area contributed by atoms with Gasteiger partial charge in [0.05, 0.1) is 5.56 Å². The monoisotopic (exact) mass is 478 g/mol. The fourth-order valence-corrected chi connectivity index (χ4v) is 6.33. The summed E-state index contributed by atoms with van der Waals surface area (Å²) in [6.45, 7) is 8.72. The number of benzene rings is 1. The average molecular weight is 479 g/mol. The minimum Gasteiger partial charge on any atom is -0.337 e. The number of piperazine rings is 1. The molecule has 35 heavy (non-hydrogen) atoms. The van der Waals surface area contributed by atoms with E-state index in [0.29, 0.717) is 36.2 Å². The molecule has 6 nitrogen and oxygen atoms in total. The van der Waals surface area contributed by atoms with Crippen LogP contribution in [0.5, 0.6) is 0 Å². The van der Waals surface area contributed by atoms with Crippen molar-refractivity contribution >= 4 is 17.5 Å². The number of carbonyl (C=O) groups excluding carboxylic acids is 2. The van der Waals surface area contributed by atoms with E-state index >= 15 is 0 Å². The molecule has 186 valence electrons. The molecule has 3 fully saturated rings. The molecule has 3 unspecified atom stereocenters. The van der Waals surface area contributed by atoms with Gasteiger partial charge in [-0.1, -0.05) is 6.42 Å². The number of aromatic nitrogens is 1. The Labute approximate surface area is 206 Å². The zero-order valence-electron chi connectivity index (χ0n) is 20.9. The summed E-state index contributed by atoms with van der Waals surface area (Å²) in [5.41, 5.74) is 3.45. The Morgan fingerprint density at radius 2 is 1.97 bits per heavy atom. The second kappa shape index (κ2) is 9.69. The zero-order valence-corrected chi connectivity index (χ0v) is 20.9. The third-order valence-electron chi connectivity index (χ3n) is 8.35. The number of rotatable bonds is 5. The molecule has 1 aromatic heterocycles. The van der Waals surface area contributed by atoms with E-state index in [-0.39, 0.29) is 23.7 Å². The van der Waals surface area contributed by atoms with Crippen molar-refractivity contribution in [2.75, 3.05) is 25.0 Å². The Hall–Kier alpha value is -2.80. The second-order valence-corrected chi connectivity index (χ2v) is 10.8. The van der Waals surface area contributed by atoms with Crippen LogP contribution in [0.4, 0.5) is 10.1 Å². The molecule has 1 saturated heterocycles. The molecule has 2 bridgehead atoms. The molecule has 3 aliphatic rings. The van der Waals surface area contributed by atoms with Crippen LogP contribution < -0.4 is 5.32 Å². The number of nitrogens with zero attached hydrogens (tertiary/aromatic N) is 3. The zero-order chi connectivity index (χ0) is 24.7. The number of amides is 2. The highest BCUT2D eigenvalue weighted by Gasteiger charge is 2.45. The van der Waals surface area contributed by atoms with Gasteiger partial charge in [-0.05, 0) is 87.3 Å². The van der Waals surface area contributed by atoms with Crippen LogP contribution in [0, 0.1) is 37.4 Å². The molecule has 2 amide bonds. The molecule has 2 saturated carbocycles. The van der Waals surface area contributed by atoms with Crippen LogP contribution >= 0.6 is 0 Å². The van der Waals surface area contributed by atoms with Gasteiger partial charge in [-0.3, -0.25) is 19.5 Å². The number of nitrogens with one attached hydrogen (secondary N) is 1. The molecular weight excluding hydrogens is 443 g/mol. The largest absolute Gasteiger partial charge is 0.337 e. The highest BCUT2D eigenvalue weighted by atomic mass is 19.1. The van der Waals surface area contributed by atoms with Crippen LogP contribution in [0.3, 0.4) is 0 Å². The molecule has 1 N–H and O–H groups in total. The van der Waals surface area contributed by atoms with Crippen molar-refractivity contribution in [3.05, 3.63) is 58.7 Å². The number of halogens is 1. The van der Waals surface area contributed by atoms with Crippen molar-refractivity contribution in [1.82, 2.24) is 14.8 Å². The second-order valence-electron chi connectivity index (χ2n) is 10.8. The summed E-state index contributed by atoms with van der Waals surface area (Å²) in [6.07, 6.45) is 6.36. The summed E-state index contributed by atoms with van der Waals surface area (Å²) in [4.78, 5) is 34.5. The lowest BCUT2D eigenvalue weighted by Gasteiger charge is -2.42. The van der Waals surface area contributed by atoms with E-state index in [1.54, 1.807) is 18.2 Å². The van der Waals surface area contributed by atoms with Gasteiger partial charge in [0, 0.05) is 55.7 Å². The van der Waals surface area contributed by atoms with Crippen LogP contribution in [0.15, 0.2) is 30.5 Å². The normalized spacial score (nSPS) is 26.2. The molecule has 2 heterocycles. The minimum absolute atomic E-state index is 0.137. The highest BCUT2D eigenvalue weighted by Crippen LogP contribution is 2.49. The van der Waals surface area contributed by atoms with E-state index in [9.17, 15) is 14.0 Å². The van der Waals surface area contributed by atoms with Gasteiger partial charge in [0.25, 0.3) is 5.91 Å². The Bertz CT molecular complexity index is 1120. The summed E-state index contributed by atoms with van der Waals surface area (Å²) in [6, 6.07) is 6.55.